The third-order valence-corrected chi connectivity index (χ3v) is 5.10. The summed E-state index contributed by atoms with van der Waals surface area (Å²) in [5.74, 6) is -0.107. The van der Waals surface area contributed by atoms with Crippen molar-refractivity contribution in [2.45, 2.75) is 19.8 Å². The molecule has 20 heavy (non-hydrogen) atoms. The number of piperidine rings is 1. The normalized spacial score (nSPS) is 17.8. The number of hydrogen-bond acceptors (Lipinski definition) is 3. The molecule has 1 aromatic rings. The SMILES string of the molecule is CC1(C(N)=S)CCN(C(=O)c2cc(I)ccc2O)CC1. The minimum atomic E-state index is -0.167. The molecular weight excluding hydrogens is 387 g/mol. The van der Waals surface area contributed by atoms with E-state index >= 15 is 0 Å². The molecule has 0 saturated carbocycles. The Morgan fingerprint density at radius 1 is 1.45 bits per heavy atom. The van der Waals surface area contributed by atoms with Crippen molar-refractivity contribution in [3.8, 4) is 5.75 Å². The summed E-state index contributed by atoms with van der Waals surface area (Å²) in [6.07, 6.45) is 1.53. The van der Waals surface area contributed by atoms with Gasteiger partial charge in [0.2, 0.25) is 0 Å². The molecule has 0 bridgehead atoms. The summed E-state index contributed by atoms with van der Waals surface area (Å²) in [6, 6.07) is 5.03. The number of nitrogens with zero attached hydrogens (tertiary/aromatic N) is 1. The van der Waals surface area contributed by atoms with Crippen molar-refractivity contribution in [2.24, 2.45) is 11.1 Å². The highest BCUT2D eigenvalue weighted by Crippen LogP contribution is 2.32. The first-order chi connectivity index (χ1) is 9.33. The number of hydrogen-bond donors (Lipinski definition) is 2. The second kappa shape index (κ2) is 5.85. The number of rotatable bonds is 2. The first-order valence-corrected chi connectivity index (χ1v) is 7.90. The van der Waals surface area contributed by atoms with Gasteiger partial charge >= 0.3 is 0 Å². The first-order valence-electron chi connectivity index (χ1n) is 6.41. The second-order valence-corrected chi connectivity index (χ2v) is 7.06. The van der Waals surface area contributed by atoms with Crippen LogP contribution in [0.4, 0.5) is 0 Å². The molecule has 1 aromatic carbocycles. The van der Waals surface area contributed by atoms with E-state index in [-0.39, 0.29) is 17.1 Å². The molecule has 0 atom stereocenters. The summed E-state index contributed by atoms with van der Waals surface area (Å²) in [4.78, 5) is 14.7. The van der Waals surface area contributed by atoms with Gasteiger partial charge in [-0.15, -0.1) is 0 Å². The van der Waals surface area contributed by atoms with Crippen LogP contribution in [0.1, 0.15) is 30.1 Å². The molecule has 0 radical (unpaired) electrons. The Morgan fingerprint density at radius 3 is 2.60 bits per heavy atom. The lowest BCUT2D eigenvalue weighted by atomic mass is 9.80. The van der Waals surface area contributed by atoms with Crippen molar-refractivity contribution in [3.05, 3.63) is 27.3 Å². The minimum absolute atomic E-state index is 0.0260. The van der Waals surface area contributed by atoms with Gasteiger partial charge in [0.1, 0.15) is 5.75 Å². The number of nitrogens with two attached hydrogens (primary N) is 1. The Hall–Kier alpha value is -0.890. The van der Waals surface area contributed by atoms with Gasteiger partial charge in [-0.05, 0) is 53.6 Å². The largest absolute Gasteiger partial charge is 0.507 e. The highest BCUT2D eigenvalue weighted by atomic mass is 127. The maximum absolute atomic E-state index is 12.5. The molecule has 4 nitrogen and oxygen atoms in total. The van der Waals surface area contributed by atoms with Crippen LogP contribution in [-0.2, 0) is 0 Å². The van der Waals surface area contributed by atoms with E-state index in [4.69, 9.17) is 18.0 Å². The Morgan fingerprint density at radius 2 is 2.05 bits per heavy atom. The van der Waals surface area contributed by atoms with Gasteiger partial charge in [-0.25, -0.2) is 0 Å². The van der Waals surface area contributed by atoms with E-state index in [9.17, 15) is 9.90 Å². The number of halogens is 1. The quantitative estimate of drug-likeness (QED) is 0.588. The molecule has 0 spiro atoms. The van der Waals surface area contributed by atoms with E-state index in [0.717, 1.165) is 16.4 Å². The molecule has 0 aliphatic carbocycles. The molecule has 6 heteroatoms. The smallest absolute Gasteiger partial charge is 0.257 e. The zero-order chi connectivity index (χ0) is 14.9. The number of benzene rings is 1. The third kappa shape index (κ3) is 3.06. The van der Waals surface area contributed by atoms with Gasteiger partial charge in [0, 0.05) is 22.1 Å². The number of thiocarbonyl (C=S) groups is 1. The lowest BCUT2D eigenvalue weighted by Crippen LogP contribution is -2.46. The third-order valence-electron chi connectivity index (χ3n) is 3.94. The van der Waals surface area contributed by atoms with E-state index in [1.807, 2.05) is 6.92 Å². The summed E-state index contributed by atoms with van der Waals surface area (Å²) >= 11 is 7.22. The van der Waals surface area contributed by atoms with Gasteiger partial charge in [-0.3, -0.25) is 4.79 Å². The zero-order valence-electron chi connectivity index (χ0n) is 11.2. The van der Waals surface area contributed by atoms with Crippen LogP contribution >= 0.6 is 34.8 Å². The number of carbonyl (C=O) groups is 1. The van der Waals surface area contributed by atoms with Gasteiger partial charge in [0.25, 0.3) is 5.91 Å². The summed E-state index contributed by atoms with van der Waals surface area (Å²) < 4.78 is 0.925. The van der Waals surface area contributed by atoms with Crippen LogP contribution in [0.3, 0.4) is 0 Å². The van der Waals surface area contributed by atoms with E-state index in [1.165, 1.54) is 0 Å². The molecular formula is C14H17IN2O2S. The van der Waals surface area contributed by atoms with E-state index < -0.39 is 0 Å². The summed E-state index contributed by atoms with van der Waals surface area (Å²) in [6.45, 7) is 3.26. The number of amides is 1. The molecule has 0 aromatic heterocycles. The zero-order valence-corrected chi connectivity index (χ0v) is 14.2. The fourth-order valence-electron chi connectivity index (χ4n) is 2.30. The maximum atomic E-state index is 12.5. The van der Waals surface area contributed by atoms with E-state index in [0.29, 0.717) is 23.6 Å². The molecule has 1 amide bonds. The van der Waals surface area contributed by atoms with Crippen molar-refractivity contribution >= 4 is 45.7 Å². The standard InChI is InChI=1S/C14H17IN2O2S/c1-14(13(16)20)4-6-17(7-5-14)12(19)10-8-9(15)2-3-11(10)18/h2-3,8,18H,4-7H2,1H3,(H2,16,20). The predicted octanol–water partition coefficient (Wildman–Crippen LogP) is 2.53. The Kier molecular flexibility index (Phi) is 4.53. The fraction of sp³-hybridized carbons (Fsp3) is 0.429. The monoisotopic (exact) mass is 404 g/mol. The van der Waals surface area contributed by atoms with Crippen molar-refractivity contribution < 1.29 is 9.90 Å². The van der Waals surface area contributed by atoms with Crippen molar-refractivity contribution in [2.75, 3.05) is 13.1 Å². The van der Waals surface area contributed by atoms with Gasteiger partial charge in [-0.1, -0.05) is 19.1 Å². The molecule has 1 aliphatic rings. The number of likely N-dealkylation sites (tertiary alicyclic amines) is 1. The molecule has 1 aliphatic heterocycles. The van der Waals surface area contributed by atoms with Crippen LogP contribution in [0.25, 0.3) is 0 Å². The van der Waals surface area contributed by atoms with Crippen molar-refractivity contribution in [1.29, 1.82) is 0 Å². The lowest BCUT2D eigenvalue weighted by Gasteiger charge is -2.38. The molecule has 1 fully saturated rings. The summed E-state index contributed by atoms with van der Waals surface area (Å²) in [5, 5.41) is 9.84. The van der Waals surface area contributed by atoms with Gasteiger partial charge in [0.05, 0.1) is 10.6 Å². The Bertz CT molecular complexity index is 554. The van der Waals surface area contributed by atoms with Crippen LogP contribution < -0.4 is 5.73 Å². The molecule has 1 heterocycles. The van der Waals surface area contributed by atoms with Crippen molar-refractivity contribution in [3.63, 3.8) is 0 Å². The number of phenolic OH excluding ortho intramolecular Hbond substituents is 1. The van der Waals surface area contributed by atoms with Crippen LogP contribution in [-0.4, -0.2) is 34.0 Å². The predicted molar refractivity (Wildman–Crippen MR) is 90.9 cm³/mol. The van der Waals surface area contributed by atoms with Crippen LogP contribution in [0, 0.1) is 8.99 Å². The second-order valence-electron chi connectivity index (χ2n) is 5.38. The maximum Gasteiger partial charge on any atom is 0.257 e. The van der Waals surface area contributed by atoms with E-state index in [1.54, 1.807) is 23.1 Å². The lowest BCUT2D eigenvalue weighted by molar-refractivity contribution is 0.0667. The molecule has 3 N–H and O–H groups in total. The number of aromatic hydroxyl groups is 1. The molecule has 0 unspecified atom stereocenters. The first kappa shape index (κ1) is 15.5. The number of carbonyl (C=O) groups excluding carboxylic acids is 1. The van der Waals surface area contributed by atoms with Gasteiger partial charge < -0.3 is 15.7 Å². The van der Waals surface area contributed by atoms with E-state index in [2.05, 4.69) is 22.6 Å². The average Bonchev–Trinajstić information content (AvgIpc) is 2.41. The topological polar surface area (TPSA) is 66.6 Å². The van der Waals surface area contributed by atoms with Gasteiger partial charge in [-0.2, -0.15) is 0 Å². The Labute approximate surface area is 137 Å². The number of phenols is 1. The van der Waals surface area contributed by atoms with Crippen LogP contribution in [0.2, 0.25) is 0 Å². The highest BCUT2D eigenvalue weighted by Gasteiger charge is 2.34. The molecule has 1 saturated heterocycles. The van der Waals surface area contributed by atoms with Gasteiger partial charge in [0.15, 0.2) is 0 Å². The molecule has 2 rings (SSSR count). The minimum Gasteiger partial charge on any atom is -0.507 e. The summed E-state index contributed by atoms with van der Waals surface area (Å²) in [5.41, 5.74) is 5.95. The van der Waals surface area contributed by atoms with Crippen molar-refractivity contribution in [1.82, 2.24) is 4.90 Å². The summed E-state index contributed by atoms with van der Waals surface area (Å²) in [7, 11) is 0. The molecule has 108 valence electrons. The highest BCUT2D eigenvalue weighted by molar-refractivity contribution is 14.1. The van der Waals surface area contributed by atoms with Crippen LogP contribution in [0.15, 0.2) is 18.2 Å². The fourth-order valence-corrected chi connectivity index (χ4v) is 2.99. The average molecular weight is 404 g/mol. The Balaban J connectivity index is 2.13. The van der Waals surface area contributed by atoms with Crippen LogP contribution in [0.5, 0.6) is 5.75 Å².